The third kappa shape index (κ3) is 5.06. The van der Waals surface area contributed by atoms with Gasteiger partial charge in [-0.05, 0) is 61.9 Å². The first-order valence-electron chi connectivity index (χ1n) is 10.2. The van der Waals surface area contributed by atoms with Gasteiger partial charge in [-0.3, -0.25) is 9.55 Å². The van der Waals surface area contributed by atoms with Crippen LogP contribution in [0.5, 0.6) is 11.5 Å². The third-order valence-electron chi connectivity index (χ3n) is 4.64. The Kier molecular flexibility index (Phi) is 6.84. The molecular weight excluding hydrogens is 408 g/mol. The third-order valence-corrected chi connectivity index (χ3v) is 5.54. The van der Waals surface area contributed by atoms with Gasteiger partial charge in [-0.25, -0.2) is 0 Å². The number of ether oxygens (including phenoxy) is 2. The molecule has 0 bridgehead atoms. The number of rotatable bonds is 9. The van der Waals surface area contributed by atoms with E-state index in [1.807, 2.05) is 74.5 Å². The monoisotopic (exact) mass is 432 g/mol. The highest BCUT2D eigenvalue weighted by atomic mass is 32.2. The van der Waals surface area contributed by atoms with E-state index in [-0.39, 0.29) is 0 Å². The normalized spacial score (nSPS) is 10.8. The van der Waals surface area contributed by atoms with Gasteiger partial charge in [-0.1, -0.05) is 30.0 Å². The zero-order valence-corrected chi connectivity index (χ0v) is 18.4. The summed E-state index contributed by atoms with van der Waals surface area (Å²) in [4.78, 5) is 4.11. The van der Waals surface area contributed by atoms with E-state index >= 15 is 0 Å². The molecule has 0 fully saturated rings. The van der Waals surface area contributed by atoms with E-state index in [0.29, 0.717) is 13.2 Å². The molecule has 158 valence electrons. The van der Waals surface area contributed by atoms with E-state index in [1.165, 1.54) is 0 Å². The highest BCUT2D eigenvalue weighted by molar-refractivity contribution is 7.99. The summed E-state index contributed by atoms with van der Waals surface area (Å²) in [6.45, 7) is 5.24. The summed E-state index contributed by atoms with van der Waals surface area (Å²) in [5.41, 5.74) is 3.06. The van der Waals surface area contributed by atoms with Crippen molar-refractivity contribution in [2.45, 2.75) is 19.0 Å². The second-order valence-corrected chi connectivity index (χ2v) is 7.83. The first-order valence-corrected chi connectivity index (χ1v) is 11.1. The molecule has 2 aromatic heterocycles. The van der Waals surface area contributed by atoms with Gasteiger partial charge >= 0.3 is 0 Å². The quantitative estimate of drug-likeness (QED) is 0.267. The molecule has 0 saturated carbocycles. The van der Waals surface area contributed by atoms with Crippen LogP contribution in [0.1, 0.15) is 12.5 Å². The second kappa shape index (κ2) is 10.1. The van der Waals surface area contributed by atoms with Crippen molar-refractivity contribution in [3.05, 3.63) is 78.6 Å². The molecule has 7 heteroatoms. The average molecular weight is 433 g/mol. The minimum absolute atomic E-state index is 0.580. The fraction of sp³-hybridized carbons (Fsp3) is 0.208. The molecule has 0 aliphatic rings. The van der Waals surface area contributed by atoms with Gasteiger partial charge < -0.3 is 9.47 Å². The molecule has 0 amide bonds. The van der Waals surface area contributed by atoms with E-state index in [2.05, 4.69) is 19.7 Å². The van der Waals surface area contributed by atoms with Gasteiger partial charge in [0.25, 0.3) is 0 Å². The first-order chi connectivity index (χ1) is 15.3. The van der Waals surface area contributed by atoms with Crippen molar-refractivity contribution in [3.8, 4) is 28.6 Å². The molecular formula is C24H24N4O2S. The second-order valence-electron chi connectivity index (χ2n) is 6.77. The number of thioether (sulfide) groups is 1. The maximum Gasteiger partial charge on any atom is 0.196 e. The summed E-state index contributed by atoms with van der Waals surface area (Å²) < 4.78 is 13.6. The van der Waals surface area contributed by atoms with Crippen LogP contribution in [0.2, 0.25) is 0 Å². The van der Waals surface area contributed by atoms with Gasteiger partial charge in [0.15, 0.2) is 11.0 Å². The molecule has 0 saturated heterocycles. The minimum Gasteiger partial charge on any atom is -0.494 e. The Morgan fingerprint density at radius 2 is 1.68 bits per heavy atom. The van der Waals surface area contributed by atoms with Crippen molar-refractivity contribution in [3.63, 3.8) is 0 Å². The fourth-order valence-corrected chi connectivity index (χ4v) is 3.91. The molecule has 2 aromatic carbocycles. The maximum atomic E-state index is 5.94. The summed E-state index contributed by atoms with van der Waals surface area (Å²) in [6.07, 6.45) is 3.52. The molecule has 31 heavy (non-hydrogen) atoms. The van der Waals surface area contributed by atoms with Crippen LogP contribution in [0.4, 0.5) is 0 Å². The number of nitrogens with zero attached hydrogens (tertiary/aromatic N) is 4. The predicted octanol–water partition coefficient (Wildman–Crippen LogP) is 5.21. The van der Waals surface area contributed by atoms with E-state index in [9.17, 15) is 0 Å². The number of para-hydroxylation sites is 1. The SMILES string of the molecule is CCOc1ccc(-n2c(SCCOc3ccccc3C)nnc2-c2ccncc2)cc1. The molecule has 0 unspecified atom stereocenters. The van der Waals surface area contributed by atoms with Gasteiger partial charge in [0.2, 0.25) is 0 Å². The van der Waals surface area contributed by atoms with E-state index < -0.39 is 0 Å². The van der Waals surface area contributed by atoms with Crippen LogP contribution in [0.15, 0.2) is 78.2 Å². The Balaban J connectivity index is 1.55. The standard InChI is InChI=1S/C24H24N4O2S/c1-3-29-21-10-8-20(9-11-21)28-23(19-12-14-25-15-13-19)26-27-24(28)31-17-16-30-22-7-5-4-6-18(22)2/h4-15H,3,16-17H2,1-2H3. The van der Waals surface area contributed by atoms with E-state index in [0.717, 1.165) is 45.0 Å². The van der Waals surface area contributed by atoms with E-state index in [4.69, 9.17) is 9.47 Å². The number of aromatic nitrogens is 4. The Morgan fingerprint density at radius 3 is 2.42 bits per heavy atom. The highest BCUT2D eigenvalue weighted by Crippen LogP contribution is 2.29. The van der Waals surface area contributed by atoms with Crippen molar-refractivity contribution in [2.75, 3.05) is 19.0 Å². The molecule has 0 aliphatic carbocycles. The number of pyridine rings is 1. The average Bonchev–Trinajstić information content (AvgIpc) is 3.23. The zero-order chi connectivity index (χ0) is 21.5. The first kappa shape index (κ1) is 20.9. The van der Waals surface area contributed by atoms with Gasteiger partial charge in [0.1, 0.15) is 11.5 Å². The lowest BCUT2D eigenvalue weighted by atomic mass is 10.2. The van der Waals surface area contributed by atoms with Crippen LogP contribution in [0.3, 0.4) is 0 Å². The zero-order valence-electron chi connectivity index (χ0n) is 17.6. The smallest absolute Gasteiger partial charge is 0.196 e. The lowest BCUT2D eigenvalue weighted by molar-refractivity contribution is 0.340. The largest absolute Gasteiger partial charge is 0.494 e. The van der Waals surface area contributed by atoms with E-state index in [1.54, 1.807) is 24.2 Å². The molecule has 6 nitrogen and oxygen atoms in total. The lowest BCUT2D eigenvalue weighted by Crippen LogP contribution is -2.04. The number of aryl methyl sites for hydroxylation is 1. The molecule has 0 N–H and O–H groups in total. The highest BCUT2D eigenvalue weighted by Gasteiger charge is 2.16. The summed E-state index contributed by atoms with van der Waals surface area (Å²) in [5, 5.41) is 9.73. The van der Waals surface area contributed by atoms with Crippen LogP contribution < -0.4 is 9.47 Å². The number of hydrogen-bond acceptors (Lipinski definition) is 6. The predicted molar refractivity (Wildman–Crippen MR) is 123 cm³/mol. The Morgan fingerprint density at radius 1 is 0.903 bits per heavy atom. The Labute approximate surface area is 186 Å². The van der Waals surface area contributed by atoms with Gasteiger partial charge in [0.05, 0.1) is 13.2 Å². The van der Waals surface area contributed by atoms with Gasteiger partial charge in [0, 0.05) is 29.4 Å². The Bertz CT molecular complexity index is 1110. The summed E-state index contributed by atoms with van der Waals surface area (Å²) in [7, 11) is 0. The van der Waals surface area contributed by atoms with Crippen LogP contribution in [-0.2, 0) is 0 Å². The van der Waals surface area contributed by atoms with Crippen molar-refractivity contribution in [1.29, 1.82) is 0 Å². The van der Waals surface area contributed by atoms with Crippen molar-refractivity contribution in [1.82, 2.24) is 19.7 Å². The Hall–Kier alpha value is -3.32. The van der Waals surface area contributed by atoms with Gasteiger partial charge in [-0.15, -0.1) is 10.2 Å². The molecule has 2 heterocycles. The topological polar surface area (TPSA) is 62.1 Å². The molecule has 4 rings (SSSR count). The van der Waals surface area contributed by atoms with Crippen LogP contribution in [0, 0.1) is 6.92 Å². The summed E-state index contributed by atoms with van der Waals surface area (Å²) in [5.74, 6) is 3.27. The molecule has 0 aliphatic heterocycles. The minimum atomic E-state index is 0.580. The van der Waals surface area contributed by atoms with Gasteiger partial charge in [-0.2, -0.15) is 0 Å². The van der Waals surface area contributed by atoms with Crippen LogP contribution >= 0.6 is 11.8 Å². The molecule has 4 aromatic rings. The van der Waals surface area contributed by atoms with Crippen molar-refractivity contribution in [2.24, 2.45) is 0 Å². The van der Waals surface area contributed by atoms with Crippen molar-refractivity contribution >= 4 is 11.8 Å². The number of hydrogen-bond donors (Lipinski definition) is 0. The summed E-state index contributed by atoms with van der Waals surface area (Å²) in [6, 6.07) is 19.9. The fourth-order valence-electron chi connectivity index (χ4n) is 3.15. The molecule has 0 atom stereocenters. The molecule has 0 radical (unpaired) electrons. The van der Waals surface area contributed by atoms with Crippen LogP contribution in [0.25, 0.3) is 17.1 Å². The lowest BCUT2D eigenvalue weighted by Gasteiger charge is -2.12. The molecule has 0 spiro atoms. The summed E-state index contributed by atoms with van der Waals surface area (Å²) >= 11 is 1.61. The maximum absolute atomic E-state index is 5.94. The van der Waals surface area contributed by atoms with Crippen molar-refractivity contribution < 1.29 is 9.47 Å². The number of benzene rings is 2. The van der Waals surface area contributed by atoms with Crippen LogP contribution in [-0.4, -0.2) is 38.7 Å².